The van der Waals surface area contributed by atoms with E-state index in [4.69, 9.17) is 9.47 Å². The van der Waals surface area contributed by atoms with Crippen molar-refractivity contribution in [3.8, 4) is 11.5 Å². The Morgan fingerprint density at radius 2 is 1.77 bits per heavy atom. The maximum Gasteiger partial charge on any atom is 0.231 e. The Morgan fingerprint density at radius 3 is 2.45 bits per heavy atom. The quantitative estimate of drug-likeness (QED) is 0.925. The number of hydrogen-bond acceptors (Lipinski definition) is 4. The molecule has 1 aliphatic heterocycles. The molecular formula is C16H18NO4S+. The predicted molar refractivity (Wildman–Crippen MR) is 81.4 cm³/mol. The molecule has 0 fully saturated rings. The highest BCUT2D eigenvalue weighted by Crippen LogP contribution is 2.37. The molecule has 0 spiro atoms. The summed E-state index contributed by atoms with van der Waals surface area (Å²) in [6, 6.07) is 12.1. The molecule has 1 heterocycles. The van der Waals surface area contributed by atoms with Crippen molar-refractivity contribution in [1.29, 1.82) is 0 Å². The topological polar surface area (TPSA) is 80.2 Å². The smallest absolute Gasteiger partial charge is 0.231 e. The minimum atomic E-state index is -3.50. The molecule has 1 aliphatic rings. The second kappa shape index (κ2) is 5.62. The molecule has 5 nitrogen and oxygen atoms in total. The van der Waals surface area contributed by atoms with Crippen LogP contribution in [0.25, 0.3) is 0 Å². The van der Waals surface area contributed by atoms with E-state index < -0.39 is 15.1 Å². The summed E-state index contributed by atoms with van der Waals surface area (Å²) in [6.45, 7) is 2.33. The van der Waals surface area contributed by atoms with Gasteiger partial charge in [-0.25, -0.2) is 8.42 Å². The SMILES string of the molecule is Cc1ccc(S(=O)(=O)[C@@H](C[NH3+])c2ccc3c(c2)OCO3)cc1. The zero-order valence-corrected chi connectivity index (χ0v) is 13.1. The lowest BCUT2D eigenvalue weighted by atomic mass is 10.1. The number of benzene rings is 2. The van der Waals surface area contributed by atoms with Gasteiger partial charge >= 0.3 is 0 Å². The van der Waals surface area contributed by atoms with Crippen molar-refractivity contribution in [3.63, 3.8) is 0 Å². The van der Waals surface area contributed by atoms with E-state index in [0.29, 0.717) is 22.0 Å². The first kappa shape index (κ1) is 14.9. The Bertz CT molecular complexity index is 784. The first-order chi connectivity index (χ1) is 10.5. The number of fused-ring (bicyclic) bond motifs is 1. The highest BCUT2D eigenvalue weighted by molar-refractivity contribution is 7.91. The minimum Gasteiger partial charge on any atom is -0.454 e. The van der Waals surface area contributed by atoms with Crippen LogP contribution in [0.5, 0.6) is 11.5 Å². The minimum absolute atomic E-state index is 0.165. The van der Waals surface area contributed by atoms with E-state index in [2.05, 4.69) is 5.73 Å². The Hall–Kier alpha value is -2.05. The molecule has 116 valence electrons. The van der Waals surface area contributed by atoms with Crippen LogP contribution in [0.1, 0.15) is 16.4 Å². The van der Waals surface area contributed by atoms with E-state index in [1.165, 1.54) is 0 Å². The van der Waals surface area contributed by atoms with Crippen molar-refractivity contribution < 1.29 is 23.6 Å². The molecule has 22 heavy (non-hydrogen) atoms. The largest absolute Gasteiger partial charge is 0.454 e. The molecule has 0 aromatic heterocycles. The summed E-state index contributed by atoms with van der Waals surface area (Å²) < 4.78 is 36.3. The number of aryl methyl sites for hydroxylation is 1. The lowest BCUT2D eigenvalue weighted by molar-refractivity contribution is -0.367. The number of ether oxygens (including phenoxy) is 2. The van der Waals surface area contributed by atoms with Gasteiger partial charge in [-0.1, -0.05) is 23.8 Å². The first-order valence-electron chi connectivity index (χ1n) is 7.02. The van der Waals surface area contributed by atoms with E-state index >= 15 is 0 Å². The molecule has 0 unspecified atom stereocenters. The van der Waals surface area contributed by atoms with Crippen LogP contribution in [0.4, 0.5) is 0 Å². The highest BCUT2D eigenvalue weighted by Gasteiger charge is 2.31. The third kappa shape index (κ3) is 2.55. The van der Waals surface area contributed by atoms with Gasteiger partial charge in [-0.3, -0.25) is 0 Å². The van der Waals surface area contributed by atoms with Crippen molar-refractivity contribution in [2.75, 3.05) is 13.3 Å². The summed E-state index contributed by atoms with van der Waals surface area (Å²) in [5.74, 6) is 1.22. The Morgan fingerprint density at radius 1 is 1.09 bits per heavy atom. The number of quaternary nitrogens is 1. The van der Waals surface area contributed by atoms with Crippen molar-refractivity contribution in [2.45, 2.75) is 17.1 Å². The molecule has 6 heteroatoms. The standard InChI is InChI=1S/C16H17NO4S/c1-11-2-5-13(6-3-11)22(18,19)16(9-17)12-4-7-14-15(8-12)21-10-20-14/h2-8,16H,9-10,17H2,1H3/p+1/t16-/m0/s1. The maximum atomic E-state index is 12.9. The predicted octanol–water partition coefficient (Wildman–Crippen LogP) is 1.48. The van der Waals surface area contributed by atoms with Gasteiger partial charge in [0.15, 0.2) is 21.3 Å². The molecule has 3 N–H and O–H groups in total. The van der Waals surface area contributed by atoms with Gasteiger partial charge in [0.05, 0.1) is 11.4 Å². The summed E-state index contributed by atoms with van der Waals surface area (Å²) >= 11 is 0. The van der Waals surface area contributed by atoms with Gasteiger partial charge in [0.1, 0.15) is 5.25 Å². The number of rotatable bonds is 4. The molecular weight excluding hydrogens is 302 g/mol. The van der Waals surface area contributed by atoms with Crippen LogP contribution in [0.3, 0.4) is 0 Å². The second-order valence-electron chi connectivity index (χ2n) is 5.25. The fourth-order valence-electron chi connectivity index (χ4n) is 2.51. The molecule has 2 aromatic rings. The molecule has 0 saturated heterocycles. The van der Waals surface area contributed by atoms with Crippen LogP contribution in [-0.2, 0) is 9.84 Å². The summed E-state index contributed by atoms with van der Waals surface area (Å²) in [6.07, 6.45) is 0. The van der Waals surface area contributed by atoms with Crippen molar-refractivity contribution >= 4 is 9.84 Å². The van der Waals surface area contributed by atoms with Crippen LogP contribution in [0.15, 0.2) is 47.4 Å². The zero-order chi connectivity index (χ0) is 15.7. The van der Waals surface area contributed by atoms with Crippen molar-refractivity contribution in [1.82, 2.24) is 0 Å². The summed E-state index contributed by atoms with van der Waals surface area (Å²) in [5.41, 5.74) is 5.50. The first-order valence-corrected chi connectivity index (χ1v) is 8.56. The molecule has 0 aliphatic carbocycles. The molecule has 2 aromatic carbocycles. The zero-order valence-electron chi connectivity index (χ0n) is 12.3. The molecule has 1 atom stereocenters. The van der Waals surface area contributed by atoms with Gasteiger partial charge in [-0.15, -0.1) is 0 Å². The summed E-state index contributed by atoms with van der Waals surface area (Å²) in [7, 11) is -3.50. The normalized spacial score (nSPS) is 14.8. The fraction of sp³-hybridized carbons (Fsp3) is 0.250. The van der Waals surface area contributed by atoms with Crippen molar-refractivity contribution in [3.05, 3.63) is 53.6 Å². The molecule has 0 amide bonds. The average molecular weight is 320 g/mol. The van der Waals surface area contributed by atoms with Gasteiger partial charge in [0.2, 0.25) is 6.79 Å². The number of sulfone groups is 1. The van der Waals surface area contributed by atoms with E-state index in [-0.39, 0.29) is 13.3 Å². The van der Waals surface area contributed by atoms with Gasteiger partial charge in [0, 0.05) is 0 Å². The molecule has 0 radical (unpaired) electrons. The summed E-state index contributed by atoms with van der Waals surface area (Å²) in [4.78, 5) is 0.310. The maximum absolute atomic E-state index is 12.9. The number of hydrogen-bond donors (Lipinski definition) is 1. The van der Waals surface area contributed by atoms with E-state index in [0.717, 1.165) is 5.56 Å². The lowest BCUT2D eigenvalue weighted by Crippen LogP contribution is -2.54. The fourth-order valence-corrected chi connectivity index (χ4v) is 4.17. The van der Waals surface area contributed by atoms with Crippen LogP contribution in [0, 0.1) is 6.92 Å². The lowest BCUT2D eigenvalue weighted by Gasteiger charge is -2.15. The Balaban J connectivity index is 2.01. The second-order valence-corrected chi connectivity index (χ2v) is 7.38. The average Bonchev–Trinajstić information content (AvgIpc) is 2.96. The van der Waals surface area contributed by atoms with Gasteiger partial charge < -0.3 is 15.2 Å². The van der Waals surface area contributed by atoms with E-state index in [1.54, 1.807) is 42.5 Å². The van der Waals surface area contributed by atoms with Crippen LogP contribution in [0.2, 0.25) is 0 Å². The Labute approximate surface area is 129 Å². The van der Waals surface area contributed by atoms with Gasteiger partial charge in [-0.2, -0.15) is 0 Å². The third-order valence-corrected chi connectivity index (χ3v) is 5.94. The third-order valence-electron chi connectivity index (χ3n) is 3.75. The Kier molecular flexibility index (Phi) is 3.80. The van der Waals surface area contributed by atoms with E-state index in [1.807, 2.05) is 6.92 Å². The highest BCUT2D eigenvalue weighted by atomic mass is 32.2. The van der Waals surface area contributed by atoms with Crippen molar-refractivity contribution in [2.24, 2.45) is 0 Å². The summed E-state index contributed by atoms with van der Waals surface area (Å²) in [5, 5.41) is -0.704. The van der Waals surface area contributed by atoms with Gasteiger partial charge in [0.25, 0.3) is 0 Å². The van der Waals surface area contributed by atoms with E-state index in [9.17, 15) is 8.42 Å². The van der Waals surface area contributed by atoms with Crippen LogP contribution < -0.4 is 15.2 Å². The molecule has 0 bridgehead atoms. The van der Waals surface area contributed by atoms with Gasteiger partial charge in [-0.05, 0) is 36.8 Å². The molecule has 3 rings (SSSR count). The monoisotopic (exact) mass is 320 g/mol. The van der Waals surface area contributed by atoms with Crippen LogP contribution >= 0.6 is 0 Å². The van der Waals surface area contributed by atoms with Crippen LogP contribution in [-0.4, -0.2) is 21.8 Å². The molecule has 0 saturated carbocycles.